The van der Waals surface area contributed by atoms with Crippen LogP contribution < -0.4 is 4.74 Å². The Hall–Kier alpha value is -0.690. The predicted octanol–water partition coefficient (Wildman–Crippen LogP) is 3.78. The highest BCUT2D eigenvalue weighted by Gasteiger charge is 2.08. The van der Waals surface area contributed by atoms with E-state index in [2.05, 4.69) is 19.9 Å². The second kappa shape index (κ2) is 4.01. The van der Waals surface area contributed by atoms with Gasteiger partial charge in [0.05, 0.1) is 7.11 Å². The van der Waals surface area contributed by atoms with Gasteiger partial charge < -0.3 is 4.74 Å². The maximum atomic E-state index is 6.10. The third-order valence-electron chi connectivity index (χ3n) is 2.14. The minimum atomic E-state index is 0.456. The summed E-state index contributed by atoms with van der Waals surface area (Å²) < 4.78 is 5.18. The molecule has 1 aromatic rings. The van der Waals surface area contributed by atoms with E-state index in [0.29, 0.717) is 5.92 Å². The van der Waals surface area contributed by atoms with Crippen LogP contribution in [0.15, 0.2) is 12.1 Å². The Morgan fingerprint density at radius 3 is 2.38 bits per heavy atom. The van der Waals surface area contributed by atoms with Gasteiger partial charge in [-0.3, -0.25) is 0 Å². The zero-order valence-corrected chi connectivity index (χ0v) is 9.27. The van der Waals surface area contributed by atoms with Crippen LogP contribution in [0.2, 0.25) is 5.02 Å². The molecule has 0 aliphatic carbocycles. The number of hydrogen-bond donors (Lipinski definition) is 0. The minimum Gasteiger partial charge on any atom is -0.496 e. The second-order valence-corrected chi connectivity index (χ2v) is 3.91. The quantitative estimate of drug-likeness (QED) is 0.703. The van der Waals surface area contributed by atoms with Gasteiger partial charge in [-0.15, -0.1) is 0 Å². The Labute approximate surface area is 84.7 Å². The smallest absolute Gasteiger partial charge is 0.123 e. The lowest BCUT2D eigenvalue weighted by atomic mass is 10.0. The van der Waals surface area contributed by atoms with E-state index < -0.39 is 0 Å². The van der Waals surface area contributed by atoms with Crippen LogP contribution in [0.3, 0.4) is 0 Å². The first-order valence-corrected chi connectivity index (χ1v) is 4.78. The van der Waals surface area contributed by atoms with Crippen LogP contribution in [0, 0.1) is 6.92 Å². The van der Waals surface area contributed by atoms with Crippen LogP contribution >= 0.6 is 11.6 Å². The summed E-state index contributed by atoms with van der Waals surface area (Å²) in [6.45, 7) is 6.29. The van der Waals surface area contributed by atoms with Crippen LogP contribution in [0.5, 0.6) is 5.75 Å². The van der Waals surface area contributed by atoms with Crippen molar-refractivity contribution in [2.24, 2.45) is 0 Å². The molecule has 0 aliphatic heterocycles. The summed E-state index contributed by atoms with van der Waals surface area (Å²) in [5, 5.41) is 0.789. The summed E-state index contributed by atoms with van der Waals surface area (Å²) in [5.74, 6) is 1.31. The zero-order valence-electron chi connectivity index (χ0n) is 8.52. The fourth-order valence-corrected chi connectivity index (χ4v) is 1.72. The molecule has 0 amide bonds. The van der Waals surface area contributed by atoms with E-state index in [1.54, 1.807) is 7.11 Å². The van der Waals surface area contributed by atoms with E-state index in [-0.39, 0.29) is 0 Å². The molecule has 0 atom stereocenters. The molecule has 13 heavy (non-hydrogen) atoms. The molecule has 0 saturated carbocycles. The van der Waals surface area contributed by atoms with Crippen LogP contribution in [-0.2, 0) is 0 Å². The number of aryl methyl sites for hydroxylation is 1. The maximum Gasteiger partial charge on any atom is 0.123 e. The molecule has 0 heterocycles. The minimum absolute atomic E-state index is 0.456. The van der Waals surface area contributed by atoms with Crippen molar-refractivity contribution < 1.29 is 4.74 Å². The SMILES string of the molecule is COc1cc(Cl)c(C(C)C)cc1C. The van der Waals surface area contributed by atoms with Gasteiger partial charge in [0.15, 0.2) is 0 Å². The van der Waals surface area contributed by atoms with Crippen molar-refractivity contribution in [1.82, 2.24) is 0 Å². The van der Waals surface area contributed by atoms with Crippen molar-refractivity contribution in [2.75, 3.05) is 7.11 Å². The summed E-state index contributed by atoms with van der Waals surface area (Å²) in [6, 6.07) is 3.97. The van der Waals surface area contributed by atoms with Crippen LogP contribution in [-0.4, -0.2) is 7.11 Å². The second-order valence-electron chi connectivity index (χ2n) is 3.50. The van der Waals surface area contributed by atoms with Gasteiger partial charge in [0.1, 0.15) is 5.75 Å². The first-order valence-electron chi connectivity index (χ1n) is 4.40. The summed E-state index contributed by atoms with van der Waals surface area (Å²) >= 11 is 6.10. The molecular weight excluding hydrogens is 184 g/mol. The van der Waals surface area contributed by atoms with Gasteiger partial charge in [0.2, 0.25) is 0 Å². The van der Waals surface area contributed by atoms with E-state index >= 15 is 0 Å². The molecule has 0 spiro atoms. The van der Waals surface area contributed by atoms with Crippen LogP contribution in [0.25, 0.3) is 0 Å². The molecule has 1 aromatic carbocycles. The summed E-state index contributed by atoms with van der Waals surface area (Å²) in [7, 11) is 1.66. The van der Waals surface area contributed by atoms with Crippen molar-refractivity contribution in [3.8, 4) is 5.75 Å². The van der Waals surface area contributed by atoms with E-state index in [4.69, 9.17) is 16.3 Å². The normalized spacial score (nSPS) is 10.6. The van der Waals surface area contributed by atoms with Crippen molar-refractivity contribution in [2.45, 2.75) is 26.7 Å². The molecule has 0 bridgehead atoms. The molecule has 1 nitrogen and oxygen atoms in total. The van der Waals surface area contributed by atoms with Gasteiger partial charge in [-0.05, 0) is 30.0 Å². The predicted molar refractivity (Wildman–Crippen MR) is 56.8 cm³/mol. The first kappa shape index (κ1) is 10.4. The molecule has 0 fully saturated rings. The Morgan fingerprint density at radius 1 is 1.31 bits per heavy atom. The fourth-order valence-electron chi connectivity index (χ4n) is 1.35. The lowest BCUT2D eigenvalue weighted by Crippen LogP contribution is -1.93. The monoisotopic (exact) mass is 198 g/mol. The molecule has 0 unspecified atom stereocenters. The summed E-state index contributed by atoms with van der Waals surface area (Å²) in [6.07, 6.45) is 0. The molecule has 2 heteroatoms. The number of methoxy groups -OCH3 is 1. The summed E-state index contributed by atoms with van der Waals surface area (Å²) in [4.78, 5) is 0. The first-order chi connectivity index (χ1) is 6.06. The molecule has 0 saturated heterocycles. The van der Waals surface area contributed by atoms with E-state index in [0.717, 1.165) is 16.3 Å². The van der Waals surface area contributed by atoms with E-state index in [1.807, 2.05) is 13.0 Å². The molecular formula is C11H15ClO. The average molecular weight is 199 g/mol. The number of hydrogen-bond acceptors (Lipinski definition) is 1. The van der Waals surface area contributed by atoms with E-state index in [9.17, 15) is 0 Å². The molecule has 0 N–H and O–H groups in total. The molecule has 0 aliphatic rings. The Bertz CT molecular complexity index is 305. The van der Waals surface area contributed by atoms with Gasteiger partial charge >= 0.3 is 0 Å². The molecule has 1 rings (SSSR count). The number of halogens is 1. The maximum absolute atomic E-state index is 6.10. The Morgan fingerprint density at radius 2 is 1.92 bits per heavy atom. The third kappa shape index (κ3) is 2.16. The lowest BCUT2D eigenvalue weighted by molar-refractivity contribution is 0.411. The van der Waals surface area contributed by atoms with Crippen molar-refractivity contribution in [1.29, 1.82) is 0 Å². The van der Waals surface area contributed by atoms with Crippen LogP contribution in [0.1, 0.15) is 30.9 Å². The highest BCUT2D eigenvalue weighted by Crippen LogP contribution is 2.30. The van der Waals surface area contributed by atoms with Gasteiger partial charge in [0.25, 0.3) is 0 Å². The topological polar surface area (TPSA) is 9.23 Å². The van der Waals surface area contributed by atoms with E-state index in [1.165, 1.54) is 5.56 Å². The lowest BCUT2D eigenvalue weighted by Gasteiger charge is -2.12. The highest BCUT2D eigenvalue weighted by molar-refractivity contribution is 6.31. The molecule has 0 aromatic heterocycles. The summed E-state index contributed by atoms with van der Waals surface area (Å²) in [5.41, 5.74) is 2.32. The fraction of sp³-hybridized carbons (Fsp3) is 0.455. The largest absolute Gasteiger partial charge is 0.496 e. The van der Waals surface area contributed by atoms with Crippen molar-refractivity contribution in [3.05, 3.63) is 28.3 Å². The number of benzene rings is 1. The zero-order chi connectivity index (χ0) is 10.0. The van der Waals surface area contributed by atoms with Crippen molar-refractivity contribution >= 4 is 11.6 Å². The third-order valence-corrected chi connectivity index (χ3v) is 2.46. The standard InChI is InChI=1S/C11H15ClO/c1-7(2)9-5-8(3)11(13-4)6-10(9)12/h5-7H,1-4H3. The van der Waals surface area contributed by atoms with Gasteiger partial charge in [-0.1, -0.05) is 31.5 Å². The Kier molecular flexibility index (Phi) is 3.21. The molecule has 72 valence electrons. The van der Waals surface area contributed by atoms with Gasteiger partial charge in [0, 0.05) is 5.02 Å². The van der Waals surface area contributed by atoms with Crippen LogP contribution in [0.4, 0.5) is 0 Å². The average Bonchev–Trinajstić information content (AvgIpc) is 2.07. The van der Waals surface area contributed by atoms with Crippen molar-refractivity contribution in [3.63, 3.8) is 0 Å². The van der Waals surface area contributed by atoms with Gasteiger partial charge in [-0.25, -0.2) is 0 Å². The highest BCUT2D eigenvalue weighted by atomic mass is 35.5. The number of ether oxygens (including phenoxy) is 1. The Balaban J connectivity index is 3.20. The molecule has 0 radical (unpaired) electrons. The number of rotatable bonds is 2. The van der Waals surface area contributed by atoms with Gasteiger partial charge in [-0.2, -0.15) is 0 Å².